The molecular formula is C16H9BrCl2N2O2. The Morgan fingerprint density at radius 2 is 1.87 bits per heavy atom. The summed E-state index contributed by atoms with van der Waals surface area (Å²) in [6.45, 7) is 0. The van der Waals surface area contributed by atoms with Crippen LogP contribution in [0.4, 0.5) is 5.69 Å². The number of carbonyl (C=O) groups excluding carboxylic acids is 1. The largest absolute Gasteiger partial charge is 0.438 e. The molecule has 116 valence electrons. The number of hydrogen-bond acceptors (Lipinski definition) is 3. The first kappa shape index (κ1) is 16.1. The van der Waals surface area contributed by atoms with Crippen molar-refractivity contribution in [1.82, 2.24) is 0 Å². The van der Waals surface area contributed by atoms with Gasteiger partial charge in [-0.2, -0.15) is 0 Å². The summed E-state index contributed by atoms with van der Waals surface area (Å²) < 4.78 is 6.24. The fourth-order valence-electron chi connectivity index (χ4n) is 2.05. The standard InChI is InChI=1S/C16H9BrCl2N2O2/c17-9-1-4-14-8(5-9)6-11(15(20)23-14)16(22)21-10-2-3-12(18)13(19)7-10/h1-7,20H,(H,21,22). The van der Waals surface area contributed by atoms with Crippen LogP contribution in [0.3, 0.4) is 0 Å². The van der Waals surface area contributed by atoms with Crippen molar-refractivity contribution >= 4 is 61.7 Å². The van der Waals surface area contributed by atoms with Gasteiger partial charge in [0.1, 0.15) is 11.1 Å². The number of anilines is 1. The molecule has 3 aromatic rings. The third-order valence-corrected chi connectivity index (χ3v) is 4.38. The molecular weight excluding hydrogens is 403 g/mol. The SMILES string of the molecule is N=c1oc2ccc(Br)cc2cc1C(=O)Nc1ccc(Cl)c(Cl)c1. The second kappa shape index (κ2) is 6.35. The van der Waals surface area contributed by atoms with Gasteiger partial charge in [-0.25, -0.2) is 0 Å². The van der Waals surface area contributed by atoms with Gasteiger partial charge in [0.05, 0.1) is 10.0 Å². The van der Waals surface area contributed by atoms with Crippen molar-refractivity contribution in [2.45, 2.75) is 0 Å². The van der Waals surface area contributed by atoms with Crippen molar-refractivity contribution in [3.63, 3.8) is 0 Å². The number of carbonyl (C=O) groups is 1. The summed E-state index contributed by atoms with van der Waals surface area (Å²) in [5.74, 6) is -0.459. The van der Waals surface area contributed by atoms with Crippen LogP contribution in [-0.2, 0) is 0 Å². The van der Waals surface area contributed by atoms with Gasteiger partial charge in [0, 0.05) is 15.5 Å². The zero-order chi connectivity index (χ0) is 16.6. The lowest BCUT2D eigenvalue weighted by atomic mass is 10.1. The van der Waals surface area contributed by atoms with E-state index in [9.17, 15) is 4.79 Å². The third-order valence-electron chi connectivity index (χ3n) is 3.15. The van der Waals surface area contributed by atoms with E-state index < -0.39 is 5.91 Å². The predicted octanol–water partition coefficient (Wildman–Crippen LogP) is 5.23. The Hall–Kier alpha value is -1.82. The Labute approximate surface area is 149 Å². The summed E-state index contributed by atoms with van der Waals surface area (Å²) >= 11 is 15.1. The molecule has 0 saturated carbocycles. The van der Waals surface area contributed by atoms with E-state index in [0.29, 0.717) is 21.3 Å². The normalized spacial score (nSPS) is 10.7. The number of hydrogen-bond donors (Lipinski definition) is 2. The van der Waals surface area contributed by atoms with Gasteiger partial charge >= 0.3 is 0 Å². The molecule has 4 nitrogen and oxygen atoms in total. The van der Waals surface area contributed by atoms with Gasteiger partial charge in [-0.15, -0.1) is 0 Å². The molecule has 1 heterocycles. The fourth-order valence-corrected chi connectivity index (χ4v) is 2.73. The monoisotopic (exact) mass is 410 g/mol. The number of halogens is 3. The molecule has 1 aromatic heterocycles. The summed E-state index contributed by atoms with van der Waals surface area (Å²) in [6.07, 6.45) is 0. The number of fused-ring (bicyclic) bond motifs is 1. The maximum atomic E-state index is 12.4. The van der Waals surface area contributed by atoms with Crippen LogP contribution in [0.5, 0.6) is 0 Å². The minimum Gasteiger partial charge on any atom is -0.438 e. The Morgan fingerprint density at radius 1 is 1.09 bits per heavy atom. The summed E-state index contributed by atoms with van der Waals surface area (Å²) in [7, 11) is 0. The maximum Gasteiger partial charge on any atom is 0.261 e. The van der Waals surface area contributed by atoms with Crippen LogP contribution in [0.15, 0.2) is 51.4 Å². The first-order chi connectivity index (χ1) is 10.9. The number of nitrogens with one attached hydrogen (secondary N) is 2. The van der Waals surface area contributed by atoms with Gasteiger partial charge < -0.3 is 9.73 Å². The summed E-state index contributed by atoms with van der Waals surface area (Å²) in [5, 5.41) is 12.0. The highest BCUT2D eigenvalue weighted by atomic mass is 79.9. The number of amides is 1. The molecule has 0 bridgehead atoms. The van der Waals surface area contributed by atoms with Crippen molar-refractivity contribution < 1.29 is 9.21 Å². The number of rotatable bonds is 2. The molecule has 0 saturated heterocycles. The van der Waals surface area contributed by atoms with Crippen LogP contribution in [0.1, 0.15) is 10.4 Å². The topological polar surface area (TPSA) is 66.1 Å². The summed E-state index contributed by atoms with van der Waals surface area (Å²) in [4.78, 5) is 12.4. The maximum absolute atomic E-state index is 12.4. The number of benzene rings is 2. The second-order valence-electron chi connectivity index (χ2n) is 4.75. The van der Waals surface area contributed by atoms with E-state index >= 15 is 0 Å². The first-order valence-corrected chi connectivity index (χ1v) is 8.03. The molecule has 2 N–H and O–H groups in total. The zero-order valence-corrected chi connectivity index (χ0v) is 14.6. The summed E-state index contributed by atoms with van der Waals surface area (Å²) in [5.41, 5.74) is 0.932. The molecule has 0 aliphatic rings. The van der Waals surface area contributed by atoms with Crippen LogP contribution >= 0.6 is 39.1 Å². The van der Waals surface area contributed by atoms with E-state index in [4.69, 9.17) is 33.0 Å². The van der Waals surface area contributed by atoms with Gasteiger partial charge in [0.25, 0.3) is 5.91 Å². The Balaban J connectivity index is 1.98. The molecule has 0 spiro atoms. The van der Waals surface area contributed by atoms with E-state index in [-0.39, 0.29) is 11.1 Å². The molecule has 23 heavy (non-hydrogen) atoms. The van der Waals surface area contributed by atoms with Crippen molar-refractivity contribution in [2.75, 3.05) is 5.32 Å². The lowest BCUT2D eigenvalue weighted by Gasteiger charge is -2.07. The highest BCUT2D eigenvalue weighted by Gasteiger charge is 2.13. The highest BCUT2D eigenvalue weighted by Crippen LogP contribution is 2.25. The lowest BCUT2D eigenvalue weighted by molar-refractivity contribution is 0.102. The average molecular weight is 412 g/mol. The quantitative estimate of drug-likeness (QED) is 0.605. The Kier molecular flexibility index (Phi) is 4.43. The molecule has 1 amide bonds. The van der Waals surface area contributed by atoms with E-state index in [0.717, 1.165) is 9.86 Å². The first-order valence-electron chi connectivity index (χ1n) is 6.48. The minimum atomic E-state index is -0.459. The smallest absolute Gasteiger partial charge is 0.261 e. The van der Waals surface area contributed by atoms with Crippen LogP contribution in [0.25, 0.3) is 11.0 Å². The second-order valence-corrected chi connectivity index (χ2v) is 6.48. The highest BCUT2D eigenvalue weighted by molar-refractivity contribution is 9.10. The zero-order valence-electron chi connectivity index (χ0n) is 11.5. The lowest BCUT2D eigenvalue weighted by Crippen LogP contribution is -2.20. The average Bonchev–Trinajstić information content (AvgIpc) is 2.50. The van der Waals surface area contributed by atoms with Crippen LogP contribution in [0, 0.1) is 5.41 Å². The van der Waals surface area contributed by atoms with Gasteiger partial charge in [-0.3, -0.25) is 10.2 Å². The molecule has 3 rings (SSSR count). The van der Waals surface area contributed by atoms with Crippen molar-refractivity contribution in [2.24, 2.45) is 0 Å². The molecule has 2 aromatic carbocycles. The molecule has 0 atom stereocenters. The van der Waals surface area contributed by atoms with Gasteiger partial charge in [0.15, 0.2) is 0 Å². The minimum absolute atomic E-state index is 0.127. The third kappa shape index (κ3) is 3.42. The molecule has 0 unspecified atom stereocenters. The van der Waals surface area contributed by atoms with Crippen LogP contribution in [-0.4, -0.2) is 5.91 Å². The van der Waals surface area contributed by atoms with E-state index in [1.165, 1.54) is 0 Å². The molecule has 0 fully saturated rings. The molecule has 0 radical (unpaired) electrons. The summed E-state index contributed by atoms with van der Waals surface area (Å²) in [6, 6.07) is 11.7. The van der Waals surface area contributed by atoms with E-state index in [2.05, 4.69) is 21.2 Å². The predicted molar refractivity (Wildman–Crippen MR) is 94.2 cm³/mol. The molecule has 0 aliphatic carbocycles. The fraction of sp³-hybridized carbons (Fsp3) is 0. The molecule has 7 heteroatoms. The van der Waals surface area contributed by atoms with Crippen LogP contribution in [0.2, 0.25) is 10.0 Å². The van der Waals surface area contributed by atoms with Gasteiger partial charge in [0.2, 0.25) is 5.55 Å². The van der Waals surface area contributed by atoms with Gasteiger partial charge in [-0.1, -0.05) is 39.1 Å². The molecule has 0 aliphatic heterocycles. The van der Waals surface area contributed by atoms with Crippen molar-refractivity contribution in [3.8, 4) is 0 Å². The van der Waals surface area contributed by atoms with Crippen LogP contribution < -0.4 is 10.9 Å². The van der Waals surface area contributed by atoms with Crippen molar-refractivity contribution in [3.05, 3.63) is 68.1 Å². The van der Waals surface area contributed by atoms with Crippen molar-refractivity contribution in [1.29, 1.82) is 5.41 Å². The van der Waals surface area contributed by atoms with Gasteiger partial charge in [-0.05, 0) is 42.5 Å². The Bertz CT molecular complexity index is 985. The Morgan fingerprint density at radius 3 is 2.61 bits per heavy atom. The van der Waals surface area contributed by atoms with E-state index in [1.807, 2.05) is 6.07 Å². The van der Waals surface area contributed by atoms with E-state index in [1.54, 1.807) is 36.4 Å².